The first-order valence-electron chi connectivity index (χ1n) is 3.25. The first-order valence-corrected chi connectivity index (χ1v) is 4.00. The molecule has 0 saturated heterocycles. The minimum Gasteiger partial charge on any atom is -0.384 e. The van der Waals surface area contributed by atoms with Crippen LogP contribution in [0.1, 0.15) is 0 Å². The van der Waals surface area contributed by atoms with Crippen molar-refractivity contribution in [3.63, 3.8) is 0 Å². The summed E-state index contributed by atoms with van der Waals surface area (Å²) in [6.45, 7) is 0. The lowest BCUT2D eigenvalue weighted by Crippen LogP contribution is -2.46. The summed E-state index contributed by atoms with van der Waals surface area (Å²) in [5.74, 6) is 0. The van der Waals surface area contributed by atoms with Crippen LogP contribution in [0.15, 0.2) is 22.9 Å². The van der Waals surface area contributed by atoms with E-state index in [0.717, 1.165) is 12.2 Å². The standard InChI is InChI=1S/C6H6Cl2N2O3/c7-4-1-3(10(12)13)2-6(8,9)5(4)11/h1-2,5,11H,9H2. The Hall–Kier alpha value is -0.620. The predicted octanol–water partition coefficient (Wildman–Crippen LogP) is 0.538. The van der Waals surface area contributed by atoms with E-state index >= 15 is 0 Å². The maximum atomic E-state index is 10.3. The lowest BCUT2D eigenvalue weighted by atomic mass is 10.0. The number of hydrogen-bond acceptors (Lipinski definition) is 4. The monoisotopic (exact) mass is 224 g/mol. The molecule has 0 heterocycles. The Labute approximate surface area is 83.6 Å². The Morgan fingerprint density at radius 3 is 2.69 bits per heavy atom. The van der Waals surface area contributed by atoms with Crippen LogP contribution < -0.4 is 5.73 Å². The molecule has 1 rings (SSSR count). The first kappa shape index (κ1) is 10.5. The van der Waals surface area contributed by atoms with Gasteiger partial charge >= 0.3 is 0 Å². The molecule has 0 radical (unpaired) electrons. The van der Waals surface area contributed by atoms with Crippen molar-refractivity contribution in [1.82, 2.24) is 0 Å². The molecule has 0 spiro atoms. The number of halogens is 2. The van der Waals surface area contributed by atoms with Gasteiger partial charge in [0.2, 0.25) is 0 Å². The Morgan fingerprint density at radius 1 is 1.77 bits per heavy atom. The number of aliphatic hydroxyl groups excluding tert-OH is 1. The van der Waals surface area contributed by atoms with E-state index in [4.69, 9.17) is 28.9 Å². The molecule has 3 N–H and O–H groups in total. The highest BCUT2D eigenvalue weighted by atomic mass is 35.5. The van der Waals surface area contributed by atoms with E-state index in [1.807, 2.05) is 0 Å². The number of alkyl halides is 1. The molecule has 0 fully saturated rings. The molecule has 0 saturated carbocycles. The van der Waals surface area contributed by atoms with Crippen LogP contribution in [0.5, 0.6) is 0 Å². The molecule has 7 heteroatoms. The van der Waals surface area contributed by atoms with Crippen LogP contribution in [0.4, 0.5) is 0 Å². The van der Waals surface area contributed by atoms with Gasteiger partial charge in [-0.2, -0.15) is 0 Å². The van der Waals surface area contributed by atoms with Crippen molar-refractivity contribution in [2.24, 2.45) is 5.73 Å². The van der Waals surface area contributed by atoms with Crippen LogP contribution >= 0.6 is 23.2 Å². The largest absolute Gasteiger partial charge is 0.384 e. The fraction of sp³-hybridized carbons (Fsp3) is 0.333. The van der Waals surface area contributed by atoms with Gasteiger partial charge in [-0.05, 0) is 0 Å². The van der Waals surface area contributed by atoms with E-state index in [2.05, 4.69) is 0 Å². The van der Waals surface area contributed by atoms with E-state index in [-0.39, 0.29) is 10.7 Å². The highest BCUT2D eigenvalue weighted by Crippen LogP contribution is 2.30. The van der Waals surface area contributed by atoms with Crippen LogP contribution in [0.25, 0.3) is 0 Å². The maximum Gasteiger partial charge on any atom is 0.269 e. The van der Waals surface area contributed by atoms with Crippen molar-refractivity contribution in [2.45, 2.75) is 11.1 Å². The van der Waals surface area contributed by atoms with E-state index < -0.39 is 16.0 Å². The van der Waals surface area contributed by atoms with Gasteiger partial charge < -0.3 is 10.8 Å². The van der Waals surface area contributed by atoms with Crippen LogP contribution in [-0.2, 0) is 0 Å². The molecule has 2 unspecified atom stereocenters. The number of rotatable bonds is 1. The smallest absolute Gasteiger partial charge is 0.269 e. The Kier molecular flexibility index (Phi) is 2.63. The zero-order valence-electron chi connectivity index (χ0n) is 6.28. The fourth-order valence-electron chi connectivity index (χ4n) is 0.884. The number of allylic oxidation sites excluding steroid dienone is 1. The first-order chi connectivity index (χ1) is 5.84. The Bertz CT molecular complexity index is 311. The van der Waals surface area contributed by atoms with Gasteiger partial charge in [0.1, 0.15) is 11.1 Å². The van der Waals surface area contributed by atoms with Crippen molar-refractivity contribution in [1.29, 1.82) is 0 Å². The van der Waals surface area contributed by atoms with E-state index in [0.29, 0.717) is 0 Å². The Morgan fingerprint density at radius 2 is 2.31 bits per heavy atom. The topological polar surface area (TPSA) is 89.4 Å². The summed E-state index contributed by atoms with van der Waals surface area (Å²) in [5.41, 5.74) is 5.02. The van der Waals surface area contributed by atoms with Crippen LogP contribution in [-0.4, -0.2) is 21.1 Å². The summed E-state index contributed by atoms with van der Waals surface area (Å²) in [6, 6.07) is 0. The zero-order chi connectivity index (χ0) is 10.2. The lowest BCUT2D eigenvalue weighted by Gasteiger charge is -2.26. The van der Waals surface area contributed by atoms with Crippen molar-refractivity contribution in [3.8, 4) is 0 Å². The van der Waals surface area contributed by atoms with Gasteiger partial charge in [0.25, 0.3) is 5.70 Å². The van der Waals surface area contributed by atoms with Crippen LogP contribution in [0.3, 0.4) is 0 Å². The normalized spacial score (nSPS) is 33.7. The molecule has 0 amide bonds. The third-order valence-corrected chi connectivity index (χ3v) is 2.18. The molecular formula is C6H6Cl2N2O3. The number of nitro groups is 1. The molecule has 0 aliphatic heterocycles. The second-order valence-electron chi connectivity index (χ2n) is 2.59. The summed E-state index contributed by atoms with van der Waals surface area (Å²) < 4.78 is 0. The van der Waals surface area contributed by atoms with Gasteiger partial charge in [0.15, 0.2) is 0 Å². The molecule has 0 aromatic carbocycles. The molecule has 72 valence electrons. The molecule has 1 aliphatic rings. The summed E-state index contributed by atoms with van der Waals surface area (Å²) in [4.78, 5) is 7.94. The van der Waals surface area contributed by atoms with E-state index in [9.17, 15) is 15.2 Å². The van der Waals surface area contributed by atoms with Gasteiger partial charge in [-0.1, -0.05) is 23.2 Å². The predicted molar refractivity (Wildman–Crippen MR) is 47.8 cm³/mol. The highest BCUT2D eigenvalue weighted by Gasteiger charge is 2.38. The zero-order valence-corrected chi connectivity index (χ0v) is 7.79. The third kappa shape index (κ3) is 2.00. The number of nitrogens with zero attached hydrogens (tertiary/aromatic N) is 1. The number of hydrogen-bond donors (Lipinski definition) is 2. The maximum absolute atomic E-state index is 10.3. The third-order valence-electron chi connectivity index (χ3n) is 1.55. The summed E-state index contributed by atoms with van der Waals surface area (Å²) in [6.07, 6.45) is 0.643. The van der Waals surface area contributed by atoms with Crippen molar-refractivity contribution in [2.75, 3.05) is 0 Å². The Balaban J connectivity index is 3.11. The van der Waals surface area contributed by atoms with Gasteiger partial charge in [-0.15, -0.1) is 0 Å². The molecular weight excluding hydrogens is 219 g/mol. The summed E-state index contributed by atoms with van der Waals surface area (Å²) in [5, 5.41) is 19.5. The average Bonchev–Trinajstić information content (AvgIpc) is 1.99. The fourth-order valence-corrected chi connectivity index (χ4v) is 1.46. The quantitative estimate of drug-likeness (QED) is 0.295. The van der Waals surface area contributed by atoms with Gasteiger partial charge in [0.05, 0.1) is 9.96 Å². The molecule has 0 aromatic rings. The second-order valence-corrected chi connectivity index (χ2v) is 3.68. The SMILES string of the molecule is NC1(Cl)C=C([N+](=O)[O-])C=C(Cl)C1O. The van der Waals surface area contributed by atoms with Crippen molar-refractivity contribution in [3.05, 3.63) is 33.0 Å². The number of nitrogens with two attached hydrogens (primary N) is 1. The molecule has 1 aliphatic carbocycles. The van der Waals surface area contributed by atoms with E-state index in [1.54, 1.807) is 0 Å². The van der Waals surface area contributed by atoms with Gasteiger partial charge in [0, 0.05) is 12.2 Å². The molecule has 2 atom stereocenters. The minimum atomic E-state index is -1.71. The molecule has 5 nitrogen and oxygen atoms in total. The van der Waals surface area contributed by atoms with Gasteiger partial charge in [-0.25, -0.2) is 0 Å². The average molecular weight is 225 g/mol. The second kappa shape index (κ2) is 3.26. The molecule has 13 heavy (non-hydrogen) atoms. The lowest BCUT2D eigenvalue weighted by molar-refractivity contribution is -0.419. The number of aliphatic hydroxyl groups is 1. The van der Waals surface area contributed by atoms with Gasteiger partial charge in [-0.3, -0.25) is 10.1 Å². The van der Waals surface area contributed by atoms with Crippen molar-refractivity contribution >= 4 is 23.2 Å². The molecule has 0 aromatic heterocycles. The molecule has 0 bridgehead atoms. The van der Waals surface area contributed by atoms with Crippen LogP contribution in [0, 0.1) is 10.1 Å². The summed E-state index contributed by atoms with van der Waals surface area (Å²) >= 11 is 11.1. The van der Waals surface area contributed by atoms with E-state index in [1.165, 1.54) is 0 Å². The minimum absolute atomic E-state index is 0.147. The summed E-state index contributed by atoms with van der Waals surface area (Å²) in [7, 11) is 0. The highest BCUT2D eigenvalue weighted by molar-refractivity contribution is 6.33. The van der Waals surface area contributed by atoms with Crippen LogP contribution in [0.2, 0.25) is 0 Å². The van der Waals surface area contributed by atoms with Crippen molar-refractivity contribution < 1.29 is 10.0 Å².